The molecule has 0 aliphatic carbocycles. The molecule has 2 heterocycles. The molecule has 1 aromatic carbocycles. The second kappa shape index (κ2) is 9.88. The van der Waals surface area contributed by atoms with Crippen LogP contribution in [0.3, 0.4) is 0 Å². The van der Waals surface area contributed by atoms with Gasteiger partial charge in [-0.2, -0.15) is 5.10 Å². The zero-order chi connectivity index (χ0) is 19.8. The zero-order valence-electron chi connectivity index (χ0n) is 16.7. The number of hydrogen-bond donors (Lipinski definition) is 0. The van der Waals surface area contributed by atoms with E-state index in [0.29, 0.717) is 18.8 Å². The number of amides is 1. The second-order valence-corrected chi connectivity index (χ2v) is 6.96. The molecule has 0 spiro atoms. The largest absolute Gasteiger partial charge is 0.415 e. The van der Waals surface area contributed by atoms with Gasteiger partial charge in [0.15, 0.2) is 5.75 Å². The lowest BCUT2D eigenvalue weighted by atomic mass is 10.1. The Bertz CT molecular complexity index is 790. The van der Waals surface area contributed by atoms with Gasteiger partial charge in [-0.1, -0.05) is 37.3 Å². The quantitative estimate of drug-likeness (QED) is 0.692. The van der Waals surface area contributed by atoms with Crippen molar-refractivity contribution in [3.05, 3.63) is 59.9 Å². The molecule has 6 heteroatoms. The van der Waals surface area contributed by atoms with Crippen LogP contribution in [0.25, 0.3) is 0 Å². The standard InChI is InChI=1S/C22H28N4O2/c1-3-13-25(22(27)28-20-11-10-18(2)23-17-20)14-7-15-26-16-12-21(24-26)19-8-5-4-6-9-19/h4-6,8-11,17H,3,7,12-16H2,1-2H3. The maximum Gasteiger partial charge on any atom is 0.415 e. The zero-order valence-corrected chi connectivity index (χ0v) is 16.7. The molecule has 0 fully saturated rings. The molecular weight excluding hydrogens is 352 g/mol. The van der Waals surface area contributed by atoms with Crippen LogP contribution < -0.4 is 4.74 Å². The maximum absolute atomic E-state index is 12.5. The molecule has 0 saturated carbocycles. The Morgan fingerprint density at radius 1 is 1.18 bits per heavy atom. The van der Waals surface area contributed by atoms with Gasteiger partial charge in [0.2, 0.25) is 0 Å². The summed E-state index contributed by atoms with van der Waals surface area (Å²) >= 11 is 0. The molecule has 6 nitrogen and oxygen atoms in total. The lowest BCUT2D eigenvalue weighted by Gasteiger charge is -2.22. The average Bonchev–Trinajstić information content (AvgIpc) is 3.19. The SMILES string of the molecule is CCCN(CCCN1CCC(c2ccccc2)=N1)C(=O)Oc1ccc(C)nc1. The van der Waals surface area contributed by atoms with Crippen molar-refractivity contribution in [1.29, 1.82) is 0 Å². The number of carbonyl (C=O) groups is 1. The van der Waals surface area contributed by atoms with Crippen LogP contribution in [0, 0.1) is 6.92 Å². The highest BCUT2D eigenvalue weighted by atomic mass is 16.6. The van der Waals surface area contributed by atoms with Crippen LogP contribution in [0.5, 0.6) is 5.75 Å². The lowest BCUT2D eigenvalue weighted by Crippen LogP contribution is -2.36. The molecule has 2 aromatic rings. The molecule has 1 amide bonds. The van der Waals surface area contributed by atoms with Gasteiger partial charge in [0.1, 0.15) is 0 Å². The molecule has 28 heavy (non-hydrogen) atoms. The van der Waals surface area contributed by atoms with Gasteiger partial charge < -0.3 is 9.64 Å². The summed E-state index contributed by atoms with van der Waals surface area (Å²) in [6.45, 7) is 7.05. The number of hydrazone groups is 1. The third-order valence-corrected chi connectivity index (χ3v) is 4.66. The Morgan fingerprint density at radius 3 is 2.71 bits per heavy atom. The smallest absolute Gasteiger partial charge is 0.409 e. The van der Waals surface area contributed by atoms with Crippen LogP contribution in [-0.2, 0) is 0 Å². The molecule has 3 rings (SSSR count). The molecule has 0 radical (unpaired) electrons. The minimum Gasteiger partial charge on any atom is -0.409 e. The van der Waals surface area contributed by atoms with E-state index in [2.05, 4.69) is 29.0 Å². The third kappa shape index (κ3) is 5.55. The van der Waals surface area contributed by atoms with Crippen molar-refractivity contribution in [2.45, 2.75) is 33.1 Å². The number of hydrogen-bond acceptors (Lipinski definition) is 5. The highest BCUT2D eigenvalue weighted by Crippen LogP contribution is 2.14. The molecule has 0 bridgehead atoms. The fraction of sp³-hybridized carbons (Fsp3) is 0.409. The molecule has 0 unspecified atom stereocenters. The number of nitrogens with zero attached hydrogens (tertiary/aromatic N) is 4. The number of benzene rings is 1. The fourth-order valence-electron chi connectivity index (χ4n) is 3.19. The van der Waals surface area contributed by atoms with Crippen molar-refractivity contribution in [1.82, 2.24) is 14.9 Å². The van der Waals surface area contributed by atoms with Crippen LogP contribution >= 0.6 is 0 Å². The first kappa shape index (κ1) is 19.9. The van der Waals surface area contributed by atoms with E-state index in [1.54, 1.807) is 17.2 Å². The van der Waals surface area contributed by atoms with Crippen LogP contribution in [0.4, 0.5) is 4.79 Å². The highest BCUT2D eigenvalue weighted by Gasteiger charge is 2.18. The van der Waals surface area contributed by atoms with Gasteiger partial charge in [-0.05, 0) is 37.5 Å². The molecular formula is C22H28N4O2. The number of carbonyl (C=O) groups excluding carboxylic acids is 1. The normalized spacial score (nSPS) is 13.4. The van der Waals surface area contributed by atoms with Crippen LogP contribution in [0.2, 0.25) is 0 Å². The Balaban J connectivity index is 1.49. The number of ether oxygens (including phenoxy) is 1. The van der Waals surface area contributed by atoms with Crippen molar-refractivity contribution in [2.75, 3.05) is 26.2 Å². The first-order valence-electron chi connectivity index (χ1n) is 9.93. The molecule has 0 N–H and O–H groups in total. The van der Waals surface area contributed by atoms with E-state index in [4.69, 9.17) is 9.84 Å². The molecule has 0 atom stereocenters. The number of rotatable bonds is 8. The van der Waals surface area contributed by atoms with Crippen molar-refractivity contribution in [3.8, 4) is 5.75 Å². The Labute approximate surface area is 166 Å². The van der Waals surface area contributed by atoms with Crippen LogP contribution in [0.15, 0.2) is 53.8 Å². The van der Waals surface area contributed by atoms with Gasteiger partial charge in [0, 0.05) is 38.3 Å². The summed E-state index contributed by atoms with van der Waals surface area (Å²) in [6, 6.07) is 13.9. The maximum atomic E-state index is 12.5. The minimum absolute atomic E-state index is 0.317. The first-order chi connectivity index (χ1) is 13.7. The van der Waals surface area contributed by atoms with Crippen LogP contribution in [0.1, 0.15) is 37.4 Å². The molecule has 148 valence electrons. The van der Waals surface area contributed by atoms with E-state index in [0.717, 1.165) is 43.8 Å². The fourth-order valence-corrected chi connectivity index (χ4v) is 3.19. The summed E-state index contributed by atoms with van der Waals surface area (Å²) in [5, 5.41) is 6.83. The number of pyridine rings is 1. The molecule has 1 aliphatic heterocycles. The van der Waals surface area contributed by atoms with Gasteiger partial charge >= 0.3 is 6.09 Å². The van der Waals surface area contributed by atoms with E-state index in [-0.39, 0.29) is 6.09 Å². The van der Waals surface area contributed by atoms with E-state index < -0.39 is 0 Å². The van der Waals surface area contributed by atoms with Gasteiger partial charge in [0.05, 0.1) is 11.9 Å². The van der Waals surface area contributed by atoms with E-state index >= 15 is 0 Å². The monoisotopic (exact) mass is 380 g/mol. The van der Waals surface area contributed by atoms with E-state index in [1.807, 2.05) is 31.2 Å². The van der Waals surface area contributed by atoms with Crippen molar-refractivity contribution >= 4 is 11.8 Å². The number of aromatic nitrogens is 1. The van der Waals surface area contributed by atoms with Crippen molar-refractivity contribution in [2.24, 2.45) is 5.10 Å². The van der Waals surface area contributed by atoms with Gasteiger partial charge in [-0.15, -0.1) is 0 Å². The van der Waals surface area contributed by atoms with Crippen molar-refractivity contribution in [3.63, 3.8) is 0 Å². The Hall–Kier alpha value is -2.89. The van der Waals surface area contributed by atoms with Gasteiger partial charge in [-0.25, -0.2) is 4.79 Å². The van der Waals surface area contributed by atoms with E-state index in [9.17, 15) is 4.79 Å². The summed E-state index contributed by atoms with van der Waals surface area (Å²) in [5.41, 5.74) is 3.22. The van der Waals surface area contributed by atoms with Gasteiger partial charge in [-0.3, -0.25) is 9.99 Å². The van der Waals surface area contributed by atoms with Crippen molar-refractivity contribution < 1.29 is 9.53 Å². The second-order valence-electron chi connectivity index (χ2n) is 6.96. The van der Waals surface area contributed by atoms with E-state index in [1.165, 1.54) is 5.56 Å². The predicted octanol–water partition coefficient (Wildman–Crippen LogP) is 4.10. The third-order valence-electron chi connectivity index (χ3n) is 4.66. The topological polar surface area (TPSA) is 58.0 Å². The average molecular weight is 380 g/mol. The molecule has 1 aromatic heterocycles. The summed E-state index contributed by atoms with van der Waals surface area (Å²) in [7, 11) is 0. The first-order valence-corrected chi connectivity index (χ1v) is 9.93. The summed E-state index contributed by atoms with van der Waals surface area (Å²) < 4.78 is 5.46. The molecule has 1 aliphatic rings. The minimum atomic E-state index is -0.317. The lowest BCUT2D eigenvalue weighted by molar-refractivity contribution is 0.149. The summed E-state index contributed by atoms with van der Waals surface area (Å²) in [4.78, 5) is 18.4. The summed E-state index contributed by atoms with van der Waals surface area (Å²) in [5.74, 6) is 0.480. The molecule has 0 saturated heterocycles. The number of aryl methyl sites for hydroxylation is 1. The Kier molecular flexibility index (Phi) is 7.00. The Morgan fingerprint density at radius 2 is 2.00 bits per heavy atom. The van der Waals surface area contributed by atoms with Crippen LogP contribution in [-0.4, -0.2) is 52.9 Å². The predicted molar refractivity (Wildman–Crippen MR) is 111 cm³/mol. The summed E-state index contributed by atoms with van der Waals surface area (Å²) in [6.07, 6.45) is 3.98. The van der Waals surface area contributed by atoms with Gasteiger partial charge in [0.25, 0.3) is 0 Å². The highest BCUT2D eigenvalue weighted by molar-refractivity contribution is 6.01.